The summed E-state index contributed by atoms with van der Waals surface area (Å²) in [6.45, 7) is 1.67. The van der Waals surface area contributed by atoms with Gasteiger partial charge in [-0.1, -0.05) is 0 Å². The molecule has 0 bridgehead atoms. The zero-order valence-electron chi connectivity index (χ0n) is 14.1. The smallest absolute Gasteiger partial charge is 0.244 e. The van der Waals surface area contributed by atoms with Gasteiger partial charge in [-0.05, 0) is 38.1 Å². The van der Waals surface area contributed by atoms with Crippen molar-refractivity contribution in [1.82, 2.24) is 0 Å². The number of benzene rings is 2. The highest BCUT2D eigenvalue weighted by Gasteiger charge is 2.64. The van der Waals surface area contributed by atoms with E-state index < -0.39 is 42.3 Å². The summed E-state index contributed by atoms with van der Waals surface area (Å²) in [4.78, 5) is -0.515. The molecule has 1 aliphatic heterocycles. The summed E-state index contributed by atoms with van der Waals surface area (Å²) in [5, 5.41) is 25.9. The first-order valence-electron chi connectivity index (χ1n) is 7.59. The fourth-order valence-corrected chi connectivity index (χ4v) is 4.83. The van der Waals surface area contributed by atoms with Crippen LogP contribution in [0.1, 0.15) is 30.5 Å². The molecule has 0 aromatic heterocycles. The number of rotatable bonds is 2. The topological polar surface area (TPSA) is 111 Å². The lowest BCUT2D eigenvalue weighted by molar-refractivity contribution is -0.0353. The Morgan fingerprint density at radius 3 is 2.41 bits per heavy atom. The summed E-state index contributed by atoms with van der Waals surface area (Å²) in [5.41, 5.74) is -3.36. The molecule has 1 N–H and O–H groups in total. The Balaban J connectivity index is 2.23. The Morgan fingerprint density at radius 1 is 1.15 bits per heavy atom. The van der Waals surface area contributed by atoms with E-state index in [9.17, 15) is 27.6 Å². The van der Waals surface area contributed by atoms with Gasteiger partial charge < -0.3 is 9.84 Å². The monoisotopic (exact) mass is 390 g/mol. The van der Waals surface area contributed by atoms with E-state index in [4.69, 9.17) is 10.00 Å². The van der Waals surface area contributed by atoms with E-state index in [-0.39, 0.29) is 17.1 Å². The van der Waals surface area contributed by atoms with Gasteiger partial charge in [-0.3, -0.25) is 0 Å². The molecular formula is C18H12F2N2O4S. The normalized spacial score (nSPS) is 25.3. The molecular weight excluding hydrogens is 378 g/mol. The first kappa shape index (κ1) is 18.8. The van der Waals surface area contributed by atoms with Crippen LogP contribution in [-0.4, -0.2) is 18.5 Å². The van der Waals surface area contributed by atoms with E-state index in [0.29, 0.717) is 0 Å². The van der Waals surface area contributed by atoms with Gasteiger partial charge >= 0.3 is 0 Å². The van der Waals surface area contributed by atoms with Crippen LogP contribution in [0.3, 0.4) is 0 Å². The summed E-state index contributed by atoms with van der Waals surface area (Å²) < 4.78 is 58.8. The maximum Gasteiger partial charge on any atom is 0.244 e. The number of halogens is 2. The first-order valence-corrected chi connectivity index (χ1v) is 9.07. The molecule has 0 aliphatic carbocycles. The summed E-state index contributed by atoms with van der Waals surface area (Å²) in [5.74, 6) is -1.08. The first-order chi connectivity index (χ1) is 12.5. The average molecular weight is 390 g/mol. The van der Waals surface area contributed by atoms with Crippen LogP contribution < -0.4 is 4.74 Å². The van der Waals surface area contributed by atoms with Gasteiger partial charge in [-0.2, -0.15) is 10.5 Å². The fraction of sp³-hybridized carbons (Fsp3) is 0.222. The maximum atomic E-state index is 14.9. The van der Waals surface area contributed by atoms with Crippen molar-refractivity contribution in [3.05, 3.63) is 52.8 Å². The van der Waals surface area contributed by atoms with Crippen LogP contribution in [-0.2, 0) is 15.4 Å². The maximum absolute atomic E-state index is 14.9. The number of fused-ring (bicyclic) bond motifs is 1. The molecule has 1 heterocycles. The van der Waals surface area contributed by atoms with E-state index >= 15 is 0 Å². The van der Waals surface area contributed by atoms with Crippen LogP contribution in [0.5, 0.6) is 11.5 Å². The van der Waals surface area contributed by atoms with Gasteiger partial charge in [0, 0.05) is 11.6 Å². The minimum Gasteiger partial charge on any atom is -0.456 e. The molecule has 138 valence electrons. The highest BCUT2D eigenvalue weighted by Crippen LogP contribution is 2.54. The highest BCUT2D eigenvalue weighted by molar-refractivity contribution is 7.93. The van der Waals surface area contributed by atoms with Crippen molar-refractivity contribution in [2.75, 3.05) is 0 Å². The second-order valence-electron chi connectivity index (χ2n) is 6.31. The van der Waals surface area contributed by atoms with Crippen molar-refractivity contribution in [1.29, 1.82) is 10.5 Å². The number of hydrogen-bond donors (Lipinski definition) is 1. The predicted molar refractivity (Wildman–Crippen MR) is 88.6 cm³/mol. The Morgan fingerprint density at radius 2 is 1.81 bits per heavy atom. The second kappa shape index (κ2) is 5.74. The summed E-state index contributed by atoms with van der Waals surface area (Å²) in [6.07, 6.45) is 0. The molecule has 0 saturated carbocycles. The number of ether oxygens (including phenoxy) is 1. The van der Waals surface area contributed by atoms with Crippen molar-refractivity contribution in [3.8, 4) is 23.6 Å². The summed E-state index contributed by atoms with van der Waals surface area (Å²) in [7, 11) is -4.56. The van der Waals surface area contributed by atoms with E-state index in [1.54, 1.807) is 12.1 Å². The number of sulfone groups is 1. The van der Waals surface area contributed by atoms with Crippen molar-refractivity contribution in [3.63, 3.8) is 0 Å². The Bertz CT molecular complexity index is 1160. The van der Waals surface area contributed by atoms with Crippen molar-refractivity contribution < 1.29 is 27.0 Å². The van der Waals surface area contributed by atoms with Crippen molar-refractivity contribution >= 4 is 9.84 Å². The van der Waals surface area contributed by atoms with Crippen LogP contribution in [0.25, 0.3) is 0 Å². The van der Waals surface area contributed by atoms with Gasteiger partial charge in [0.05, 0.1) is 16.5 Å². The number of nitriles is 2. The SMILES string of the molecule is CC1(O)c2c(ccc(Oc3cc(F)cc(C#N)c3)c2C#N)S(=O)(=O)C1(C)F. The largest absolute Gasteiger partial charge is 0.456 e. The number of alkyl halides is 1. The molecule has 6 nitrogen and oxygen atoms in total. The molecule has 0 fully saturated rings. The molecule has 0 saturated heterocycles. The van der Waals surface area contributed by atoms with Gasteiger partial charge in [-0.15, -0.1) is 0 Å². The van der Waals surface area contributed by atoms with Gasteiger partial charge in [-0.25, -0.2) is 17.2 Å². The minimum atomic E-state index is -4.56. The van der Waals surface area contributed by atoms with Gasteiger partial charge in [0.1, 0.15) is 34.5 Å². The third-order valence-electron chi connectivity index (χ3n) is 4.62. The number of hydrogen-bond acceptors (Lipinski definition) is 6. The van der Waals surface area contributed by atoms with E-state index in [2.05, 4.69) is 0 Å². The molecule has 1 aliphatic rings. The third-order valence-corrected chi connectivity index (χ3v) is 6.95. The quantitative estimate of drug-likeness (QED) is 0.844. The lowest BCUT2D eigenvalue weighted by Crippen LogP contribution is -2.44. The van der Waals surface area contributed by atoms with E-state index in [1.807, 2.05) is 0 Å². The van der Waals surface area contributed by atoms with Gasteiger partial charge in [0.2, 0.25) is 14.8 Å². The molecule has 0 spiro atoms. The summed E-state index contributed by atoms with van der Waals surface area (Å²) in [6, 6.07) is 8.75. The molecule has 2 unspecified atom stereocenters. The molecule has 2 atom stereocenters. The van der Waals surface area contributed by atoms with Crippen LogP contribution >= 0.6 is 0 Å². The van der Waals surface area contributed by atoms with E-state index in [1.165, 1.54) is 6.07 Å². The molecule has 0 radical (unpaired) electrons. The molecule has 3 rings (SSSR count). The second-order valence-corrected chi connectivity index (χ2v) is 8.52. The summed E-state index contributed by atoms with van der Waals surface area (Å²) >= 11 is 0. The van der Waals surface area contributed by atoms with Crippen LogP contribution in [0.2, 0.25) is 0 Å². The fourth-order valence-electron chi connectivity index (χ4n) is 2.97. The molecule has 9 heteroatoms. The standard InChI is InChI=1S/C18H12F2N2O4S/c1-17(23)16-13(9-22)14(3-4-15(16)27(24,25)18(17,2)20)26-12-6-10(8-21)5-11(19)7-12/h3-7,23H,1-2H3. The number of aliphatic hydroxyl groups is 1. The minimum absolute atomic E-state index is 0.0319. The number of nitrogens with zero attached hydrogens (tertiary/aromatic N) is 2. The van der Waals surface area contributed by atoms with Gasteiger partial charge in [0.25, 0.3) is 0 Å². The molecule has 2 aromatic carbocycles. The zero-order chi connectivity index (χ0) is 20.2. The van der Waals surface area contributed by atoms with Crippen molar-refractivity contribution in [2.24, 2.45) is 0 Å². The Kier molecular flexibility index (Phi) is 3.99. The van der Waals surface area contributed by atoms with Gasteiger partial charge in [0.15, 0.2) is 0 Å². The third kappa shape index (κ3) is 2.47. The Hall–Kier alpha value is -3.01. The van der Waals surface area contributed by atoms with Crippen LogP contribution in [0.4, 0.5) is 8.78 Å². The predicted octanol–water partition coefficient (Wildman–Crippen LogP) is 3.04. The zero-order valence-corrected chi connectivity index (χ0v) is 14.9. The lowest BCUT2D eigenvalue weighted by Gasteiger charge is -2.28. The molecule has 0 amide bonds. The van der Waals surface area contributed by atoms with Crippen LogP contribution in [0.15, 0.2) is 35.2 Å². The Labute approximate surface area is 153 Å². The average Bonchev–Trinajstić information content (AvgIpc) is 2.69. The van der Waals surface area contributed by atoms with E-state index in [0.717, 1.165) is 38.1 Å². The van der Waals surface area contributed by atoms with Crippen LogP contribution in [0, 0.1) is 28.5 Å². The van der Waals surface area contributed by atoms with Crippen molar-refractivity contribution in [2.45, 2.75) is 29.3 Å². The molecule has 27 heavy (non-hydrogen) atoms. The lowest BCUT2D eigenvalue weighted by atomic mass is 9.88. The molecule has 2 aromatic rings. The highest BCUT2D eigenvalue weighted by atomic mass is 32.2.